The van der Waals surface area contributed by atoms with E-state index in [0.717, 1.165) is 4.90 Å². The van der Waals surface area contributed by atoms with Gasteiger partial charge in [0.05, 0.1) is 25.6 Å². The predicted octanol–water partition coefficient (Wildman–Crippen LogP) is 3.69. The number of hydrogen-bond donors (Lipinski definition) is 1. The number of carbonyl (C=O) groups is 2. The van der Waals surface area contributed by atoms with Gasteiger partial charge in [0, 0.05) is 4.90 Å². The van der Waals surface area contributed by atoms with Crippen molar-refractivity contribution in [2.75, 3.05) is 20.3 Å². The Morgan fingerprint density at radius 1 is 1.00 bits per heavy atom. The van der Waals surface area contributed by atoms with Crippen LogP contribution in [0.2, 0.25) is 0 Å². The summed E-state index contributed by atoms with van der Waals surface area (Å²) in [5.74, 6) is -0.948. The van der Waals surface area contributed by atoms with E-state index in [1.807, 2.05) is 12.1 Å². The molecule has 2 aromatic carbocycles. The number of methoxy groups -OCH3 is 1. The van der Waals surface area contributed by atoms with Crippen LogP contribution in [0.1, 0.15) is 36.3 Å². The zero-order valence-corrected chi connectivity index (χ0v) is 17.4. The molecule has 154 valence electrons. The molecule has 3 rings (SSSR count). The Labute approximate surface area is 174 Å². The Kier molecular flexibility index (Phi) is 6.49. The standard InChI is InChI=1S/C22H24O6S/c1-4-27-20(24)22(21(25)28-5-2)18(23)16-8-6-7-9-17(16)29-19(22)14-10-12-15(26-3)13-11-14/h6-13,18-19,23H,4-5H2,1-3H3. The van der Waals surface area contributed by atoms with Crippen LogP contribution >= 0.6 is 11.8 Å². The summed E-state index contributed by atoms with van der Waals surface area (Å²) in [5, 5.41) is 10.6. The molecule has 2 unspecified atom stereocenters. The molecule has 0 fully saturated rings. The molecule has 0 saturated carbocycles. The molecular weight excluding hydrogens is 392 g/mol. The quantitative estimate of drug-likeness (QED) is 0.568. The Morgan fingerprint density at radius 2 is 1.59 bits per heavy atom. The topological polar surface area (TPSA) is 82.1 Å². The Bertz CT molecular complexity index is 861. The maximum atomic E-state index is 13.2. The minimum atomic E-state index is -1.93. The van der Waals surface area contributed by atoms with E-state index in [0.29, 0.717) is 16.9 Å². The minimum Gasteiger partial charge on any atom is -0.497 e. The van der Waals surface area contributed by atoms with Crippen molar-refractivity contribution >= 4 is 23.7 Å². The van der Waals surface area contributed by atoms with Gasteiger partial charge in [0.25, 0.3) is 0 Å². The Morgan fingerprint density at radius 3 is 2.14 bits per heavy atom. The number of ether oxygens (including phenoxy) is 3. The SMILES string of the molecule is CCOC(=O)C1(C(=O)OCC)C(O)c2ccccc2SC1c1ccc(OC)cc1. The van der Waals surface area contributed by atoms with E-state index in [1.165, 1.54) is 11.8 Å². The highest BCUT2D eigenvalue weighted by Gasteiger charge is 2.63. The Hall–Kier alpha value is -2.51. The fourth-order valence-electron chi connectivity index (χ4n) is 3.55. The second-order valence-electron chi connectivity index (χ2n) is 6.52. The van der Waals surface area contributed by atoms with Gasteiger partial charge in [-0.2, -0.15) is 0 Å². The van der Waals surface area contributed by atoms with Crippen LogP contribution in [0.25, 0.3) is 0 Å². The van der Waals surface area contributed by atoms with E-state index in [2.05, 4.69) is 0 Å². The lowest BCUT2D eigenvalue weighted by Gasteiger charge is -2.43. The van der Waals surface area contributed by atoms with Crippen LogP contribution in [0.5, 0.6) is 5.75 Å². The summed E-state index contributed by atoms with van der Waals surface area (Å²) in [6.07, 6.45) is -1.41. The summed E-state index contributed by atoms with van der Waals surface area (Å²) in [6, 6.07) is 14.3. The number of aliphatic hydroxyl groups excluding tert-OH is 1. The lowest BCUT2D eigenvalue weighted by atomic mass is 9.73. The maximum Gasteiger partial charge on any atom is 0.328 e. The maximum absolute atomic E-state index is 13.2. The number of aliphatic hydroxyl groups is 1. The fraction of sp³-hybridized carbons (Fsp3) is 0.364. The number of fused-ring (bicyclic) bond motifs is 1. The van der Waals surface area contributed by atoms with Gasteiger partial charge in [-0.05, 0) is 43.2 Å². The molecule has 1 N–H and O–H groups in total. The molecule has 7 heteroatoms. The van der Waals surface area contributed by atoms with Crippen molar-refractivity contribution in [3.8, 4) is 5.75 Å². The van der Waals surface area contributed by atoms with Crippen LogP contribution in [-0.4, -0.2) is 37.4 Å². The van der Waals surface area contributed by atoms with Crippen LogP contribution in [0, 0.1) is 5.41 Å². The number of rotatable bonds is 6. The summed E-state index contributed by atoms with van der Waals surface area (Å²) in [4.78, 5) is 27.3. The zero-order valence-electron chi connectivity index (χ0n) is 16.6. The third-order valence-electron chi connectivity index (χ3n) is 4.95. The second kappa shape index (κ2) is 8.88. The van der Waals surface area contributed by atoms with Crippen molar-refractivity contribution in [3.63, 3.8) is 0 Å². The first kappa shape index (κ1) is 21.2. The molecule has 0 aromatic heterocycles. The molecule has 0 aliphatic carbocycles. The third kappa shape index (κ3) is 3.60. The van der Waals surface area contributed by atoms with E-state index in [9.17, 15) is 14.7 Å². The largest absolute Gasteiger partial charge is 0.497 e. The highest BCUT2D eigenvalue weighted by atomic mass is 32.2. The molecule has 0 saturated heterocycles. The first-order chi connectivity index (χ1) is 14.0. The highest BCUT2D eigenvalue weighted by molar-refractivity contribution is 7.99. The van der Waals surface area contributed by atoms with E-state index in [4.69, 9.17) is 14.2 Å². The molecule has 1 aliphatic heterocycles. The molecule has 0 radical (unpaired) electrons. The molecule has 0 bridgehead atoms. The molecular formula is C22H24O6S. The van der Waals surface area contributed by atoms with E-state index >= 15 is 0 Å². The molecule has 0 amide bonds. The van der Waals surface area contributed by atoms with Gasteiger partial charge >= 0.3 is 11.9 Å². The van der Waals surface area contributed by atoms with Gasteiger partial charge in [-0.1, -0.05) is 30.3 Å². The van der Waals surface area contributed by atoms with Crippen molar-refractivity contribution in [3.05, 3.63) is 59.7 Å². The predicted molar refractivity (Wildman–Crippen MR) is 109 cm³/mol. The van der Waals surface area contributed by atoms with E-state index in [1.54, 1.807) is 57.4 Å². The molecule has 29 heavy (non-hydrogen) atoms. The second-order valence-corrected chi connectivity index (χ2v) is 7.67. The van der Waals surface area contributed by atoms with Crippen molar-refractivity contribution < 1.29 is 28.9 Å². The average Bonchev–Trinajstić information content (AvgIpc) is 2.74. The van der Waals surface area contributed by atoms with Gasteiger partial charge in [0.1, 0.15) is 11.9 Å². The third-order valence-corrected chi connectivity index (χ3v) is 6.45. The first-order valence-electron chi connectivity index (χ1n) is 9.42. The van der Waals surface area contributed by atoms with Gasteiger partial charge in [-0.25, -0.2) is 0 Å². The average molecular weight is 416 g/mol. The van der Waals surface area contributed by atoms with Gasteiger partial charge in [-0.3, -0.25) is 9.59 Å². The van der Waals surface area contributed by atoms with Crippen molar-refractivity contribution in [2.24, 2.45) is 5.41 Å². The first-order valence-corrected chi connectivity index (χ1v) is 10.3. The smallest absolute Gasteiger partial charge is 0.328 e. The van der Waals surface area contributed by atoms with Gasteiger partial charge < -0.3 is 19.3 Å². The van der Waals surface area contributed by atoms with Crippen LogP contribution in [0.4, 0.5) is 0 Å². The zero-order chi connectivity index (χ0) is 21.0. The molecule has 1 aliphatic rings. The summed E-state index contributed by atoms with van der Waals surface area (Å²) < 4.78 is 15.8. The van der Waals surface area contributed by atoms with E-state index in [-0.39, 0.29) is 13.2 Å². The number of carbonyl (C=O) groups excluding carboxylic acids is 2. The summed E-state index contributed by atoms with van der Waals surface area (Å²) >= 11 is 1.34. The molecule has 6 nitrogen and oxygen atoms in total. The monoisotopic (exact) mass is 416 g/mol. The molecule has 2 atom stereocenters. The molecule has 0 spiro atoms. The highest BCUT2D eigenvalue weighted by Crippen LogP contribution is 2.60. The van der Waals surface area contributed by atoms with E-state index < -0.39 is 28.7 Å². The summed E-state index contributed by atoms with van der Waals surface area (Å²) in [7, 11) is 1.56. The number of esters is 2. The Balaban J connectivity index is 2.24. The minimum absolute atomic E-state index is 0.0777. The number of benzene rings is 2. The van der Waals surface area contributed by atoms with Crippen LogP contribution in [0.15, 0.2) is 53.4 Å². The number of thioether (sulfide) groups is 1. The van der Waals surface area contributed by atoms with Crippen molar-refractivity contribution in [1.29, 1.82) is 0 Å². The summed E-state index contributed by atoms with van der Waals surface area (Å²) in [5.41, 5.74) is -0.742. The lowest BCUT2D eigenvalue weighted by molar-refractivity contribution is -0.182. The van der Waals surface area contributed by atoms with Gasteiger partial charge in [-0.15, -0.1) is 11.8 Å². The van der Waals surface area contributed by atoms with Crippen molar-refractivity contribution in [2.45, 2.75) is 30.1 Å². The van der Waals surface area contributed by atoms with Gasteiger partial charge in [0.2, 0.25) is 5.41 Å². The van der Waals surface area contributed by atoms with Crippen LogP contribution in [-0.2, 0) is 19.1 Å². The fourth-order valence-corrected chi connectivity index (χ4v) is 5.08. The number of hydrogen-bond acceptors (Lipinski definition) is 7. The van der Waals surface area contributed by atoms with Crippen LogP contribution in [0.3, 0.4) is 0 Å². The van der Waals surface area contributed by atoms with Gasteiger partial charge in [0.15, 0.2) is 0 Å². The lowest BCUT2D eigenvalue weighted by Crippen LogP contribution is -2.51. The molecule has 1 heterocycles. The summed E-state index contributed by atoms with van der Waals surface area (Å²) in [6.45, 7) is 3.48. The normalized spacial score (nSPS) is 19.7. The van der Waals surface area contributed by atoms with Crippen LogP contribution < -0.4 is 4.74 Å². The van der Waals surface area contributed by atoms with Crippen molar-refractivity contribution in [1.82, 2.24) is 0 Å². The molecule has 2 aromatic rings.